The summed E-state index contributed by atoms with van der Waals surface area (Å²) in [6.07, 6.45) is 3.00. The number of carbonyl (C=O) groups is 1. The van der Waals surface area contributed by atoms with E-state index >= 15 is 0 Å². The van der Waals surface area contributed by atoms with Crippen molar-refractivity contribution in [3.63, 3.8) is 0 Å². The minimum atomic E-state index is -3.76. The maximum absolute atomic E-state index is 12.2. The van der Waals surface area contributed by atoms with Crippen LogP contribution in [0, 0.1) is 12.3 Å². The van der Waals surface area contributed by atoms with E-state index in [0.717, 1.165) is 30.6 Å². The van der Waals surface area contributed by atoms with Gasteiger partial charge in [-0.25, -0.2) is 13.6 Å². The van der Waals surface area contributed by atoms with Crippen LogP contribution in [0.4, 0.5) is 0 Å². The van der Waals surface area contributed by atoms with Gasteiger partial charge in [-0.1, -0.05) is 13.8 Å². The third-order valence-electron chi connectivity index (χ3n) is 3.71. The van der Waals surface area contributed by atoms with Gasteiger partial charge in [0.2, 0.25) is 10.0 Å². The highest BCUT2D eigenvalue weighted by Crippen LogP contribution is 2.37. The molecule has 112 valence electrons. The second-order valence-corrected chi connectivity index (χ2v) is 8.94. The molecule has 1 saturated carbocycles. The Hall–Kier alpha value is -0.920. The van der Waals surface area contributed by atoms with Crippen molar-refractivity contribution in [1.82, 2.24) is 5.32 Å². The molecule has 1 atom stereocenters. The van der Waals surface area contributed by atoms with E-state index in [1.165, 1.54) is 6.07 Å². The number of carbonyl (C=O) groups excluding carboxylic acids is 1. The Bertz CT molecular complexity index is 632. The van der Waals surface area contributed by atoms with Crippen LogP contribution < -0.4 is 10.5 Å². The Morgan fingerprint density at radius 1 is 1.50 bits per heavy atom. The highest BCUT2D eigenvalue weighted by atomic mass is 32.2. The van der Waals surface area contributed by atoms with E-state index in [2.05, 4.69) is 19.2 Å². The standard InChI is InChI=1S/C13H20N2O3S2/c1-8-11(20(14,17)18)6-10(19-8)12(16)15-9-4-5-13(2,3)7-9/h6,9H,4-5,7H2,1-3H3,(H,15,16)(H2,14,17,18). The number of rotatable bonds is 3. The summed E-state index contributed by atoms with van der Waals surface area (Å²) < 4.78 is 22.7. The van der Waals surface area contributed by atoms with E-state index < -0.39 is 10.0 Å². The molecule has 0 spiro atoms. The molecule has 0 bridgehead atoms. The average Bonchev–Trinajstić information content (AvgIpc) is 2.81. The molecule has 2 rings (SSSR count). The highest BCUT2D eigenvalue weighted by molar-refractivity contribution is 7.89. The quantitative estimate of drug-likeness (QED) is 0.894. The Morgan fingerprint density at radius 3 is 2.60 bits per heavy atom. The molecule has 0 aliphatic heterocycles. The minimum absolute atomic E-state index is 0.0411. The number of thiophene rings is 1. The van der Waals surface area contributed by atoms with Crippen molar-refractivity contribution in [2.24, 2.45) is 10.6 Å². The van der Waals surface area contributed by atoms with Gasteiger partial charge in [-0.3, -0.25) is 4.79 Å². The number of sulfonamides is 1. The lowest BCUT2D eigenvalue weighted by atomic mass is 9.92. The number of nitrogens with two attached hydrogens (primary N) is 1. The summed E-state index contributed by atoms with van der Waals surface area (Å²) in [6.45, 7) is 6.03. The number of aryl methyl sites for hydroxylation is 1. The van der Waals surface area contributed by atoms with Crippen LogP contribution >= 0.6 is 11.3 Å². The van der Waals surface area contributed by atoms with Crippen LogP contribution in [-0.2, 0) is 10.0 Å². The topological polar surface area (TPSA) is 89.3 Å². The van der Waals surface area contributed by atoms with Gasteiger partial charge in [0.15, 0.2) is 0 Å². The SMILES string of the molecule is Cc1sc(C(=O)NC2CCC(C)(C)C2)cc1S(N)(=O)=O. The number of amides is 1. The van der Waals surface area contributed by atoms with Crippen molar-refractivity contribution in [2.45, 2.75) is 51.0 Å². The van der Waals surface area contributed by atoms with Gasteiger partial charge in [0.1, 0.15) is 0 Å². The molecule has 20 heavy (non-hydrogen) atoms. The van der Waals surface area contributed by atoms with E-state index in [0.29, 0.717) is 9.75 Å². The van der Waals surface area contributed by atoms with Gasteiger partial charge >= 0.3 is 0 Å². The van der Waals surface area contributed by atoms with Crippen LogP contribution in [0.3, 0.4) is 0 Å². The zero-order valence-electron chi connectivity index (χ0n) is 11.9. The minimum Gasteiger partial charge on any atom is -0.349 e. The fraction of sp³-hybridized carbons (Fsp3) is 0.615. The van der Waals surface area contributed by atoms with Crippen LogP contribution in [0.25, 0.3) is 0 Å². The molecule has 1 unspecified atom stereocenters. The average molecular weight is 316 g/mol. The van der Waals surface area contributed by atoms with E-state index in [9.17, 15) is 13.2 Å². The van der Waals surface area contributed by atoms with Crippen LogP contribution in [0.15, 0.2) is 11.0 Å². The van der Waals surface area contributed by atoms with Gasteiger partial charge in [0.25, 0.3) is 5.91 Å². The summed E-state index contributed by atoms with van der Waals surface area (Å²) in [6, 6.07) is 1.53. The number of hydrogen-bond donors (Lipinski definition) is 2. The molecular weight excluding hydrogens is 296 g/mol. The predicted octanol–water partition coefficient (Wildman–Crippen LogP) is 2.01. The lowest BCUT2D eigenvalue weighted by Crippen LogP contribution is -2.33. The normalized spacial score (nSPS) is 21.9. The molecule has 1 fully saturated rings. The first-order chi connectivity index (χ1) is 9.08. The van der Waals surface area contributed by atoms with Crippen molar-refractivity contribution in [3.05, 3.63) is 15.8 Å². The Labute approximate surface area is 123 Å². The maximum Gasteiger partial charge on any atom is 0.261 e. The summed E-state index contributed by atoms with van der Waals surface area (Å²) in [4.78, 5) is 13.2. The molecule has 0 saturated heterocycles. The number of nitrogens with one attached hydrogen (secondary N) is 1. The van der Waals surface area contributed by atoms with Crippen molar-refractivity contribution in [3.8, 4) is 0 Å². The molecular formula is C13H20N2O3S2. The summed E-state index contributed by atoms with van der Waals surface area (Å²) in [5.74, 6) is -0.212. The van der Waals surface area contributed by atoms with Crippen molar-refractivity contribution >= 4 is 27.3 Å². The fourth-order valence-electron chi connectivity index (χ4n) is 2.68. The number of primary sulfonamides is 1. The largest absolute Gasteiger partial charge is 0.349 e. The van der Waals surface area contributed by atoms with E-state index in [-0.39, 0.29) is 22.3 Å². The third-order valence-corrected chi connectivity index (χ3v) is 5.92. The summed E-state index contributed by atoms with van der Waals surface area (Å²) in [5.41, 5.74) is 0.259. The molecule has 1 aliphatic rings. The zero-order chi connectivity index (χ0) is 15.1. The summed E-state index contributed by atoms with van der Waals surface area (Å²) >= 11 is 1.16. The first-order valence-corrected chi connectivity index (χ1v) is 8.89. The fourth-order valence-corrected chi connectivity index (χ4v) is 4.72. The summed E-state index contributed by atoms with van der Waals surface area (Å²) in [7, 11) is -3.76. The van der Waals surface area contributed by atoms with E-state index in [1.807, 2.05) is 0 Å². The molecule has 0 aromatic carbocycles. The first kappa shape index (κ1) is 15.5. The number of hydrogen-bond acceptors (Lipinski definition) is 4. The van der Waals surface area contributed by atoms with Gasteiger partial charge < -0.3 is 5.32 Å². The van der Waals surface area contributed by atoms with Gasteiger partial charge in [-0.15, -0.1) is 11.3 Å². The second kappa shape index (κ2) is 5.13. The zero-order valence-corrected chi connectivity index (χ0v) is 13.5. The molecule has 3 N–H and O–H groups in total. The molecule has 1 aromatic rings. The maximum atomic E-state index is 12.2. The monoisotopic (exact) mass is 316 g/mol. The third kappa shape index (κ3) is 3.39. The van der Waals surface area contributed by atoms with Crippen LogP contribution in [-0.4, -0.2) is 20.4 Å². The lowest BCUT2D eigenvalue weighted by molar-refractivity contribution is 0.0940. The lowest BCUT2D eigenvalue weighted by Gasteiger charge is -2.17. The van der Waals surface area contributed by atoms with Crippen LogP contribution in [0.5, 0.6) is 0 Å². The summed E-state index contributed by atoms with van der Waals surface area (Å²) in [5, 5.41) is 8.10. The molecule has 1 heterocycles. The van der Waals surface area contributed by atoms with E-state index in [4.69, 9.17) is 5.14 Å². The molecule has 1 aliphatic carbocycles. The Kier molecular flexibility index (Phi) is 3.96. The van der Waals surface area contributed by atoms with Gasteiger partial charge in [-0.05, 0) is 37.7 Å². The predicted molar refractivity (Wildman–Crippen MR) is 79.3 cm³/mol. The van der Waals surface area contributed by atoms with Crippen molar-refractivity contribution in [2.75, 3.05) is 0 Å². The second-order valence-electron chi connectivity index (χ2n) is 6.15. The smallest absolute Gasteiger partial charge is 0.261 e. The van der Waals surface area contributed by atoms with E-state index in [1.54, 1.807) is 6.92 Å². The first-order valence-electron chi connectivity index (χ1n) is 6.53. The molecule has 1 aromatic heterocycles. The van der Waals surface area contributed by atoms with Crippen molar-refractivity contribution < 1.29 is 13.2 Å². The molecule has 5 nitrogen and oxygen atoms in total. The van der Waals surface area contributed by atoms with Gasteiger partial charge in [0.05, 0.1) is 9.77 Å². The highest BCUT2D eigenvalue weighted by Gasteiger charge is 2.32. The van der Waals surface area contributed by atoms with Crippen molar-refractivity contribution in [1.29, 1.82) is 0 Å². The van der Waals surface area contributed by atoms with Gasteiger partial charge in [0, 0.05) is 10.9 Å². The van der Waals surface area contributed by atoms with Crippen LogP contribution in [0.2, 0.25) is 0 Å². The molecule has 1 amide bonds. The Morgan fingerprint density at radius 2 is 2.15 bits per heavy atom. The van der Waals surface area contributed by atoms with Crippen LogP contribution in [0.1, 0.15) is 47.7 Å². The Balaban J connectivity index is 2.11. The molecule has 7 heteroatoms. The molecule has 0 radical (unpaired) electrons. The van der Waals surface area contributed by atoms with Gasteiger partial charge in [-0.2, -0.15) is 0 Å².